The highest BCUT2D eigenvalue weighted by Crippen LogP contribution is 2.33. The lowest BCUT2D eigenvalue weighted by atomic mass is 10.1. The zero-order valence-corrected chi connectivity index (χ0v) is 15.9. The highest BCUT2D eigenvalue weighted by Gasteiger charge is 2.34. The zero-order valence-electron chi connectivity index (χ0n) is 14.3. The van der Waals surface area contributed by atoms with Crippen LogP contribution >= 0.6 is 23.4 Å². The van der Waals surface area contributed by atoms with Gasteiger partial charge in [-0.2, -0.15) is 13.2 Å². The Morgan fingerprint density at radius 3 is 2.54 bits per heavy atom. The van der Waals surface area contributed by atoms with E-state index in [4.69, 9.17) is 16.0 Å². The van der Waals surface area contributed by atoms with Crippen molar-refractivity contribution in [1.82, 2.24) is 9.97 Å². The Labute approximate surface area is 166 Å². The molecule has 3 rings (SSSR count). The zero-order chi connectivity index (χ0) is 20.3. The lowest BCUT2D eigenvalue weighted by molar-refractivity contribution is -0.141. The minimum Gasteiger partial charge on any atom is -0.463 e. The van der Waals surface area contributed by atoms with E-state index in [1.165, 1.54) is 19.2 Å². The summed E-state index contributed by atoms with van der Waals surface area (Å²) in [6, 6.07) is 10.1. The number of esters is 1. The molecule has 0 aliphatic carbocycles. The van der Waals surface area contributed by atoms with Crippen molar-refractivity contribution in [3.05, 3.63) is 64.7 Å². The second-order valence-corrected chi connectivity index (χ2v) is 6.85. The van der Waals surface area contributed by atoms with Gasteiger partial charge in [0.05, 0.1) is 18.6 Å². The largest absolute Gasteiger partial charge is 0.463 e. The topological polar surface area (TPSA) is 65.2 Å². The Morgan fingerprint density at radius 2 is 1.89 bits per heavy atom. The molecule has 0 aliphatic rings. The Kier molecular flexibility index (Phi) is 5.95. The van der Waals surface area contributed by atoms with Gasteiger partial charge in [0.25, 0.3) is 0 Å². The van der Waals surface area contributed by atoms with Gasteiger partial charge in [-0.1, -0.05) is 35.5 Å². The predicted octanol–water partition coefficient (Wildman–Crippen LogP) is 5.49. The smallest absolute Gasteiger partial charge is 0.433 e. The first-order chi connectivity index (χ1) is 13.3. The van der Waals surface area contributed by atoms with E-state index in [1.807, 2.05) is 0 Å². The third kappa shape index (κ3) is 4.85. The van der Waals surface area contributed by atoms with Crippen LogP contribution in [0.25, 0.3) is 11.3 Å². The molecule has 0 spiro atoms. The standard InChI is InChI=1S/C18H12ClF3N2O3S/c1-26-16(25)14-7-6-12(27-14)9-28-17-23-13(8-15(24-17)18(20,21)22)10-2-4-11(19)5-3-10/h2-8H,9H2,1H3. The van der Waals surface area contributed by atoms with Crippen molar-refractivity contribution in [2.75, 3.05) is 7.11 Å². The molecule has 0 fully saturated rings. The molecule has 2 heterocycles. The summed E-state index contributed by atoms with van der Waals surface area (Å²) < 4.78 is 49.5. The summed E-state index contributed by atoms with van der Waals surface area (Å²) in [5.74, 6) is -0.126. The fraction of sp³-hybridized carbons (Fsp3) is 0.167. The van der Waals surface area contributed by atoms with Gasteiger partial charge in [-0.15, -0.1) is 0 Å². The highest BCUT2D eigenvalue weighted by molar-refractivity contribution is 7.98. The first kappa shape index (κ1) is 20.2. The molecule has 0 N–H and O–H groups in total. The molecule has 0 radical (unpaired) electrons. The molecule has 28 heavy (non-hydrogen) atoms. The van der Waals surface area contributed by atoms with Gasteiger partial charge in [-0.25, -0.2) is 14.8 Å². The van der Waals surface area contributed by atoms with E-state index in [0.29, 0.717) is 16.3 Å². The number of hydrogen-bond acceptors (Lipinski definition) is 6. The number of halogens is 4. The molecule has 2 aromatic heterocycles. The summed E-state index contributed by atoms with van der Waals surface area (Å²) in [6.45, 7) is 0. The first-order valence-electron chi connectivity index (χ1n) is 7.78. The average Bonchev–Trinajstić information content (AvgIpc) is 3.14. The van der Waals surface area contributed by atoms with Crippen LogP contribution in [-0.4, -0.2) is 23.0 Å². The van der Waals surface area contributed by atoms with Crippen molar-refractivity contribution in [2.24, 2.45) is 0 Å². The number of aromatic nitrogens is 2. The third-order valence-electron chi connectivity index (χ3n) is 3.53. The van der Waals surface area contributed by atoms with Crippen LogP contribution in [0.2, 0.25) is 5.02 Å². The summed E-state index contributed by atoms with van der Waals surface area (Å²) in [5, 5.41) is 0.387. The van der Waals surface area contributed by atoms with Crippen LogP contribution < -0.4 is 0 Å². The van der Waals surface area contributed by atoms with Crippen molar-refractivity contribution < 1.29 is 27.1 Å². The number of alkyl halides is 3. The maximum absolute atomic E-state index is 13.2. The van der Waals surface area contributed by atoms with E-state index >= 15 is 0 Å². The number of furan rings is 1. The monoisotopic (exact) mass is 428 g/mol. The summed E-state index contributed by atoms with van der Waals surface area (Å²) >= 11 is 6.78. The quantitative estimate of drug-likeness (QED) is 0.304. The van der Waals surface area contributed by atoms with Crippen molar-refractivity contribution in [2.45, 2.75) is 17.1 Å². The number of carbonyl (C=O) groups is 1. The Hall–Kier alpha value is -2.52. The van der Waals surface area contributed by atoms with Gasteiger partial charge in [-0.3, -0.25) is 0 Å². The van der Waals surface area contributed by atoms with Crippen LogP contribution in [0.4, 0.5) is 13.2 Å². The number of nitrogens with zero attached hydrogens (tertiary/aromatic N) is 2. The fourth-order valence-electron chi connectivity index (χ4n) is 2.20. The van der Waals surface area contributed by atoms with Gasteiger partial charge >= 0.3 is 12.1 Å². The second kappa shape index (κ2) is 8.24. The molecule has 3 aromatic rings. The van der Waals surface area contributed by atoms with Crippen molar-refractivity contribution in [3.63, 3.8) is 0 Å². The SMILES string of the molecule is COC(=O)c1ccc(CSc2nc(-c3ccc(Cl)cc3)cc(C(F)(F)F)n2)o1. The first-order valence-corrected chi connectivity index (χ1v) is 9.14. The average molecular weight is 429 g/mol. The van der Waals surface area contributed by atoms with Crippen LogP contribution in [0.3, 0.4) is 0 Å². The summed E-state index contributed by atoms with van der Waals surface area (Å²) in [5.41, 5.74) is -0.453. The van der Waals surface area contributed by atoms with Gasteiger partial charge in [-0.05, 0) is 30.3 Å². The van der Waals surface area contributed by atoms with E-state index in [-0.39, 0.29) is 22.4 Å². The van der Waals surface area contributed by atoms with Gasteiger partial charge in [0.15, 0.2) is 5.16 Å². The summed E-state index contributed by atoms with van der Waals surface area (Å²) in [7, 11) is 1.22. The van der Waals surface area contributed by atoms with Gasteiger partial charge in [0.2, 0.25) is 5.76 Å². The molecule has 0 aliphatic heterocycles. The van der Waals surface area contributed by atoms with Gasteiger partial charge in [0, 0.05) is 10.6 Å². The molecule has 5 nitrogen and oxygen atoms in total. The van der Waals surface area contributed by atoms with E-state index < -0.39 is 17.8 Å². The summed E-state index contributed by atoms with van der Waals surface area (Å²) in [4.78, 5) is 19.2. The van der Waals surface area contributed by atoms with Crippen molar-refractivity contribution in [3.8, 4) is 11.3 Å². The summed E-state index contributed by atoms with van der Waals surface area (Å²) in [6.07, 6.45) is -4.62. The molecule has 1 aromatic carbocycles. The second-order valence-electron chi connectivity index (χ2n) is 5.47. The highest BCUT2D eigenvalue weighted by atomic mass is 35.5. The molecule has 0 saturated heterocycles. The number of hydrogen-bond donors (Lipinski definition) is 0. The molecular formula is C18H12ClF3N2O3S. The molecule has 0 saturated carbocycles. The predicted molar refractivity (Wildman–Crippen MR) is 97.1 cm³/mol. The number of methoxy groups -OCH3 is 1. The lowest BCUT2D eigenvalue weighted by Crippen LogP contribution is -2.10. The van der Waals surface area contributed by atoms with Crippen LogP contribution in [0, 0.1) is 0 Å². The number of carbonyl (C=O) groups excluding carboxylic acids is 1. The van der Waals surface area contributed by atoms with E-state index in [2.05, 4.69) is 14.7 Å². The minimum absolute atomic E-state index is 0.00455. The molecule has 0 bridgehead atoms. The molecular weight excluding hydrogens is 417 g/mol. The lowest BCUT2D eigenvalue weighted by Gasteiger charge is -2.10. The molecule has 0 amide bonds. The number of ether oxygens (including phenoxy) is 1. The van der Waals surface area contributed by atoms with E-state index in [0.717, 1.165) is 17.8 Å². The van der Waals surface area contributed by atoms with Gasteiger partial charge < -0.3 is 9.15 Å². The molecule has 0 unspecified atom stereocenters. The fourth-order valence-corrected chi connectivity index (χ4v) is 3.08. The van der Waals surface area contributed by atoms with Crippen molar-refractivity contribution in [1.29, 1.82) is 0 Å². The maximum Gasteiger partial charge on any atom is 0.433 e. The Morgan fingerprint density at radius 1 is 1.18 bits per heavy atom. The van der Waals surface area contributed by atoms with Crippen LogP contribution in [0.5, 0.6) is 0 Å². The third-order valence-corrected chi connectivity index (χ3v) is 4.65. The van der Waals surface area contributed by atoms with Gasteiger partial charge in [0.1, 0.15) is 11.5 Å². The van der Waals surface area contributed by atoms with Crippen LogP contribution in [0.1, 0.15) is 22.0 Å². The molecule has 146 valence electrons. The van der Waals surface area contributed by atoms with E-state index in [9.17, 15) is 18.0 Å². The Bertz CT molecular complexity index is 990. The van der Waals surface area contributed by atoms with Crippen molar-refractivity contribution >= 4 is 29.3 Å². The Balaban J connectivity index is 1.87. The van der Waals surface area contributed by atoms with E-state index in [1.54, 1.807) is 24.3 Å². The minimum atomic E-state index is -4.62. The number of thioether (sulfide) groups is 1. The molecule has 0 atom stereocenters. The molecule has 10 heteroatoms. The van der Waals surface area contributed by atoms with Crippen LogP contribution in [-0.2, 0) is 16.7 Å². The van der Waals surface area contributed by atoms with Crippen LogP contribution in [0.15, 0.2) is 52.0 Å². The normalized spacial score (nSPS) is 11.5. The number of benzene rings is 1. The number of rotatable bonds is 5. The maximum atomic E-state index is 13.2.